The van der Waals surface area contributed by atoms with Gasteiger partial charge in [0.15, 0.2) is 0 Å². The minimum atomic E-state index is -3.83. The second kappa shape index (κ2) is 10.6. The number of hydrogen-bond acceptors (Lipinski definition) is 4. The molecule has 0 radical (unpaired) electrons. The van der Waals surface area contributed by atoms with Gasteiger partial charge in [0.1, 0.15) is 11.9 Å². The van der Waals surface area contributed by atoms with Gasteiger partial charge in [-0.1, -0.05) is 42.8 Å². The maximum atomic E-state index is 13.6. The number of carbonyl (C=O) groups excluding carboxylic acids is 1. The molecular weight excluding hydrogens is 453 g/mol. The Bertz CT molecular complexity index is 1060. The number of rotatable bonds is 9. The van der Waals surface area contributed by atoms with Gasteiger partial charge in [-0.2, -0.15) is 0 Å². The molecular formula is C23H29ClFN3O3S. The van der Waals surface area contributed by atoms with Crippen LogP contribution in [0, 0.1) is 5.82 Å². The fraction of sp³-hybridized carbons (Fsp3) is 0.435. The number of hydrogen-bond donors (Lipinski definition) is 1. The third kappa shape index (κ3) is 5.99. The number of anilines is 1. The smallest absolute Gasteiger partial charge is 0.244 e. The van der Waals surface area contributed by atoms with Crippen LogP contribution in [0.15, 0.2) is 42.5 Å². The van der Waals surface area contributed by atoms with E-state index in [1.165, 1.54) is 25.0 Å². The Morgan fingerprint density at radius 3 is 2.44 bits per heavy atom. The summed E-state index contributed by atoms with van der Waals surface area (Å²) in [7, 11) is -3.83. The van der Waals surface area contributed by atoms with E-state index in [1.807, 2.05) is 18.2 Å². The van der Waals surface area contributed by atoms with Gasteiger partial charge < -0.3 is 5.32 Å². The molecule has 0 spiro atoms. The van der Waals surface area contributed by atoms with Gasteiger partial charge >= 0.3 is 0 Å². The monoisotopic (exact) mass is 481 g/mol. The number of benzene rings is 2. The molecule has 1 N–H and O–H groups in total. The highest BCUT2D eigenvalue weighted by Gasteiger charge is 2.32. The van der Waals surface area contributed by atoms with Crippen LogP contribution < -0.4 is 9.62 Å². The van der Waals surface area contributed by atoms with Crippen molar-refractivity contribution < 1.29 is 17.6 Å². The first kappa shape index (κ1) is 24.5. The summed E-state index contributed by atoms with van der Waals surface area (Å²) in [4.78, 5) is 15.5. The fourth-order valence-electron chi connectivity index (χ4n) is 4.05. The molecule has 0 saturated carbocycles. The average molecular weight is 482 g/mol. The van der Waals surface area contributed by atoms with Gasteiger partial charge in [-0.15, -0.1) is 0 Å². The molecule has 3 rings (SSSR count). The molecule has 1 fully saturated rings. The van der Waals surface area contributed by atoms with Crippen LogP contribution in [-0.2, 0) is 27.9 Å². The summed E-state index contributed by atoms with van der Waals surface area (Å²) in [5.41, 5.74) is 2.29. The van der Waals surface area contributed by atoms with E-state index in [0.29, 0.717) is 6.54 Å². The highest BCUT2D eigenvalue weighted by Crippen LogP contribution is 2.27. The molecule has 2 aromatic carbocycles. The Hall–Kier alpha value is -2.16. The molecule has 1 aliphatic heterocycles. The first-order valence-corrected chi connectivity index (χ1v) is 12.9. The Kier molecular flexibility index (Phi) is 8.14. The van der Waals surface area contributed by atoms with Crippen LogP contribution in [0.2, 0.25) is 5.02 Å². The van der Waals surface area contributed by atoms with Crippen molar-refractivity contribution in [3.63, 3.8) is 0 Å². The van der Waals surface area contributed by atoms with Crippen LogP contribution in [0.4, 0.5) is 10.1 Å². The highest BCUT2D eigenvalue weighted by atomic mass is 35.5. The number of halogens is 2. The largest absolute Gasteiger partial charge is 0.350 e. The van der Waals surface area contributed by atoms with E-state index in [-0.39, 0.29) is 17.1 Å². The minimum Gasteiger partial charge on any atom is -0.350 e. The van der Waals surface area contributed by atoms with Crippen molar-refractivity contribution in [2.24, 2.45) is 0 Å². The van der Waals surface area contributed by atoms with Crippen LogP contribution in [0.5, 0.6) is 0 Å². The minimum absolute atomic E-state index is 0.148. The number of amides is 1. The maximum Gasteiger partial charge on any atom is 0.244 e. The summed E-state index contributed by atoms with van der Waals surface area (Å²) in [6, 6.07) is 10.6. The van der Waals surface area contributed by atoms with Gasteiger partial charge in [0.05, 0.1) is 17.0 Å². The topological polar surface area (TPSA) is 69.7 Å². The lowest BCUT2D eigenvalue weighted by Crippen LogP contribution is -2.49. The van der Waals surface area contributed by atoms with E-state index in [9.17, 15) is 17.6 Å². The Balaban J connectivity index is 1.78. The van der Waals surface area contributed by atoms with Gasteiger partial charge in [-0.3, -0.25) is 14.0 Å². The summed E-state index contributed by atoms with van der Waals surface area (Å²) < 4.78 is 39.7. The summed E-state index contributed by atoms with van der Waals surface area (Å²) in [5, 5.41) is 2.69. The van der Waals surface area contributed by atoms with E-state index < -0.39 is 27.8 Å². The third-order valence-corrected chi connectivity index (χ3v) is 7.12. The molecule has 0 bridgehead atoms. The number of likely N-dealkylation sites (tertiary alicyclic amines) is 1. The van der Waals surface area contributed by atoms with E-state index in [0.717, 1.165) is 47.4 Å². The predicted octanol–water partition coefficient (Wildman–Crippen LogP) is 3.94. The standard InChI is InChI=1S/C23H29ClFN3O3S/c1-3-22(28(32(2,30)31)19-10-11-21(25)20(24)14-19)23(29)26-15-17-8-4-5-9-18(17)16-27-12-6-7-13-27/h4-5,8-11,14,22H,3,6-7,12-13,15-16H2,1-2H3,(H,26,29). The number of carbonyl (C=O) groups is 1. The molecule has 1 unspecified atom stereocenters. The summed E-state index contributed by atoms with van der Waals surface area (Å²) in [6.45, 7) is 4.99. The predicted molar refractivity (Wildman–Crippen MR) is 126 cm³/mol. The van der Waals surface area contributed by atoms with Crippen molar-refractivity contribution >= 4 is 33.2 Å². The van der Waals surface area contributed by atoms with Gasteiger partial charge in [0.25, 0.3) is 0 Å². The van der Waals surface area contributed by atoms with Crippen LogP contribution in [0.25, 0.3) is 0 Å². The number of nitrogens with zero attached hydrogens (tertiary/aromatic N) is 2. The van der Waals surface area contributed by atoms with Crippen molar-refractivity contribution in [1.29, 1.82) is 0 Å². The second-order valence-corrected chi connectivity index (χ2v) is 10.3. The normalized spacial score (nSPS) is 15.5. The van der Waals surface area contributed by atoms with Crippen molar-refractivity contribution in [3.8, 4) is 0 Å². The van der Waals surface area contributed by atoms with Crippen LogP contribution in [0.1, 0.15) is 37.3 Å². The first-order valence-electron chi connectivity index (χ1n) is 10.7. The molecule has 174 valence electrons. The molecule has 32 heavy (non-hydrogen) atoms. The quantitative estimate of drug-likeness (QED) is 0.589. The highest BCUT2D eigenvalue weighted by molar-refractivity contribution is 7.92. The van der Waals surface area contributed by atoms with E-state index >= 15 is 0 Å². The Morgan fingerprint density at radius 2 is 1.84 bits per heavy atom. The molecule has 1 saturated heterocycles. The molecule has 0 aromatic heterocycles. The van der Waals surface area contributed by atoms with E-state index in [1.54, 1.807) is 6.92 Å². The third-order valence-electron chi connectivity index (χ3n) is 5.65. The molecule has 1 amide bonds. The zero-order valence-corrected chi connectivity index (χ0v) is 19.9. The van der Waals surface area contributed by atoms with Gasteiger partial charge in [0, 0.05) is 13.1 Å². The van der Waals surface area contributed by atoms with Crippen molar-refractivity contribution in [3.05, 3.63) is 64.4 Å². The molecule has 9 heteroatoms. The SMILES string of the molecule is CCC(C(=O)NCc1ccccc1CN1CCCC1)N(c1ccc(F)c(Cl)c1)S(C)(=O)=O. The van der Waals surface area contributed by atoms with Crippen LogP contribution in [0.3, 0.4) is 0 Å². The molecule has 1 aliphatic rings. The van der Waals surface area contributed by atoms with Crippen LogP contribution >= 0.6 is 11.6 Å². The lowest BCUT2D eigenvalue weighted by atomic mass is 10.1. The van der Waals surface area contributed by atoms with Crippen molar-refractivity contribution in [2.75, 3.05) is 23.7 Å². The van der Waals surface area contributed by atoms with Crippen LogP contribution in [-0.4, -0.2) is 44.6 Å². The van der Waals surface area contributed by atoms with Crippen molar-refractivity contribution in [1.82, 2.24) is 10.2 Å². The summed E-state index contributed by atoms with van der Waals surface area (Å²) in [6.07, 6.45) is 3.66. The first-order chi connectivity index (χ1) is 15.2. The lowest BCUT2D eigenvalue weighted by Gasteiger charge is -2.30. The van der Waals surface area contributed by atoms with E-state index in [2.05, 4.69) is 16.3 Å². The van der Waals surface area contributed by atoms with E-state index in [4.69, 9.17) is 11.6 Å². The molecule has 0 aliphatic carbocycles. The fourth-order valence-corrected chi connectivity index (χ4v) is 5.43. The molecule has 1 heterocycles. The zero-order chi connectivity index (χ0) is 23.3. The Labute approximate surface area is 194 Å². The van der Waals surface area contributed by atoms with Gasteiger partial charge in [-0.25, -0.2) is 12.8 Å². The molecule has 6 nitrogen and oxygen atoms in total. The average Bonchev–Trinajstić information content (AvgIpc) is 3.25. The zero-order valence-electron chi connectivity index (χ0n) is 18.4. The van der Waals surface area contributed by atoms with Gasteiger partial charge in [-0.05, 0) is 61.7 Å². The molecule has 2 aromatic rings. The second-order valence-electron chi connectivity index (χ2n) is 8.05. The number of nitrogens with one attached hydrogen (secondary N) is 1. The van der Waals surface area contributed by atoms with Gasteiger partial charge in [0.2, 0.25) is 15.9 Å². The number of sulfonamides is 1. The van der Waals surface area contributed by atoms with Crippen molar-refractivity contribution in [2.45, 2.75) is 45.3 Å². The molecule has 1 atom stereocenters. The Morgan fingerprint density at radius 1 is 1.19 bits per heavy atom. The maximum absolute atomic E-state index is 13.6. The lowest BCUT2D eigenvalue weighted by molar-refractivity contribution is -0.122. The summed E-state index contributed by atoms with van der Waals surface area (Å²) >= 11 is 5.86. The summed E-state index contributed by atoms with van der Waals surface area (Å²) in [5.74, 6) is -1.08.